The molecule has 2 bridgehead atoms. The first-order valence-corrected chi connectivity index (χ1v) is 8.41. The van der Waals surface area contributed by atoms with Crippen LogP contribution in [0.15, 0.2) is 24.3 Å². The van der Waals surface area contributed by atoms with Gasteiger partial charge in [0, 0.05) is 18.1 Å². The van der Waals surface area contributed by atoms with Gasteiger partial charge in [-0.3, -0.25) is 4.79 Å². The van der Waals surface area contributed by atoms with Crippen molar-refractivity contribution in [3.05, 3.63) is 35.4 Å². The number of hydrogen-bond donors (Lipinski definition) is 2. The highest BCUT2D eigenvalue weighted by atomic mass is 19.4. The van der Waals surface area contributed by atoms with Crippen LogP contribution in [0.25, 0.3) is 0 Å². The van der Waals surface area contributed by atoms with Gasteiger partial charge in [-0.2, -0.15) is 13.2 Å². The Hall–Kier alpha value is -1.56. The van der Waals surface area contributed by atoms with Gasteiger partial charge in [-0.15, -0.1) is 0 Å². The molecule has 24 heavy (non-hydrogen) atoms. The van der Waals surface area contributed by atoms with Crippen molar-refractivity contribution in [2.24, 2.45) is 0 Å². The number of amides is 1. The highest BCUT2D eigenvalue weighted by molar-refractivity contribution is 5.87. The van der Waals surface area contributed by atoms with Crippen LogP contribution in [0.5, 0.6) is 0 Å². The number of nitrogens with one attached hydrogen (secondary N) is 2. The molecule has 3 rings (SSSR count). The molecule has 0 aromatic heterocycles. The van der Waals surface area contributed by atoms with E-state index < -0.39 is 17.2 Å². The van der Waals surface area contributed by atoms with Gasteiger partial charge in [0.05, 0.1) is 11.0 Å². The van der Waals surface area contributed by atoms with Crippen molar-refractivity contribution in [2.45, 2.75) is 69.2 Å². The fraction of sp³-hybridized carbons (Fsp3) is 0.611. The molecule has 3 nitrogen and oxygen atoms in total. The van der Waals surface area contributed by atoms with Crippen LogP contribution in [0.3, 0.4) is 0 Å². The van der Waals surface area contributed by atoms with Crippen LogP contribution >= 0.6 is 0 Å². The molecule has 2 N–H and O–H groups in total. The first-order valence-electron chi connectivity index (χ1n) is 8.41. The number of carbonyl (C=O) groups is 1. The zero-order valence-electron chi connectivity index (χ0n) is 13.9. The highest BCUT2D eigenvalue weighted by Crippen LogP contribution is 2.33. The van der Waals surface area contributed by atoms with Crippen LogP contribution < -0.4 is 10.6 Å². The Bertz CT molecular complexity index is 615. The second kappa shape index (κ2) is 6.06. The van der Waals surface area contributed by atoms with E-state index in [9.17, 15) is 18.0 Å². The molecule has 0 spiro atoms. The average Bonchev–Trinajstić information content (AvgIpc) is 2.85. The molecule has 2 aliphatic rings. The van der Waals surface area contributed by atoms with Crippen molar-refractivity contribution in [3.63, 3.8) is 0 Å². The van der Waals surface area contributed by atoms with Gasteiger partial charge < -0.3 is 10.6 Å². The number of alkyl halides is 3. The zero-order valence-corrected chi connectivity index (χ0v) is 13.9. The van der Waals surface area contributed by atoms with Crippen LogP contribution in [0.4, 0.5) is 13.2 Å². The lowest BCUT2D eigenvalue weighted by atomic mass is 9.82. The fourth-order valence-electron chi connectivity index (χ4n) is 3.76. The second-order valence-electron chi connectivity index (χ2n) is 7.48. The molecule has 0 radical (unpaired) electrons. The minimum atomic E-state index is -4.41. The Balaban J connectivity index is 1.73. The molecule has 0 aliphatic carbocycles. The summed E-state index contributed by atoms with van der Waals surface area (Å²) in [5.74, 6) is -0.215. The first kappa shape index (κ1) is 17.3. The van der Waals surface area contributed by atoms with E-state index in [0.717, 1.165) is 37.8 Å². The van der Waals surface area contributed by atoms with E-state index in [0.29, 0.717) is 17.6 Å². The predicted molar refractivity (Wildman–Crippen MR) is 85.6 cm³/mol. The standard InChI is InChI=1S/C18H23F3N2O/c1-17(2,11-4-3-5-12(8-11)18(19,20)21)16(24)23-15-9-13-6-7-14(10-15)22-13/h3-5,8,13-15,22H,6-7,9-10H2,1-2H3,(H,23,24). The molecule has 2 saturated heterocycles. The molecule has 2 aliphatic heterocycles. The van der Waals surface area contributed by atoms with E-state index in [1.807, 2.05) is 0 Å². The SMILES string of the molecule is CC(C)(C(=O)NC1CC2CCC(C1)N2)c1cccc(C(F)(F)F)c1. The third kappa shape index (κ3) is 3.43. The molecule has 6 heteroatoms. The van der Waals surface area contributed by atoms with Crippen LogP contribution in [0.2, 0.25) is 0 Å². The minimum absolute atomic E-state index is 0.0984. The number of carbonyl (C=O) groups excluding carboxylic acids is 1. The lowest BCUT2D eigenvalue weighted by Gasteiger charge is -2.33. The van der Waals surface area contributed by atoms with Gasteiger partial charge in [-0.1, -0.05) is 18.2 Å². The number of piperidine rings is 1. The van der Waals surface area contributed by atoms with E-state index in [1.165, 1.54) is 6.07 Å². The van der Waals surface area contributed by atoms with Gasteiger partial charge in [0.15, 0.2) is 0 Å². The van der Waals surface area contributed by atoms with E-state index in [1.54, 1.807) is 19.9 Å². The number of benzene rings is 1. The normalized spacial score (nSPS) is 27.1. The van der Waals surface area contributed by atoms with E-state index in [2.05, 4.69) is 10.6 Å². The maximum Gasteiger partial charge on any atom is 0.416 e. The molecule has 2 fully saturated rings. The third-order valence-electron chi connectivity index (χ3n) is 5.29. The van der Waals surface area contributed by atoms with Crippen molar-refractivity contribution >= 4 is 5.91 Å². The number of halogens is 3. The molecule has 2 heterocycles. The number of fused-ring (bicyclic) bond motifs is 2. The monoisotopic (exact) mass is 340 g/mol. The Morgan fingerprint density at radius 1 is 1.12 bits per heavy atom. The average molecular weight is 340 g/mol. The molecule has 132 valence electrons. The highest BCUT2D eigenvalue weighted by Gasteiger charge is 2.38. The summed E-state index contributed by atoms with van der Waals surface area (Å²) in [4.78, 5) is 12.7. The Kier molecular flexibility index (Phi) is 4.36. The molecule has 2 atom stereocenters. The van der Waals surface area contributed by atoms with Gasteiger partial charge in [-0.05, 0) is 51.2 Å². The summed E-state index contributed by atoms with van der Waals surface area (Å²) in [6.45, 7) is 3.35. The van der Waals surface area contributed by atoms with Crippen molar-refractivity contribution in [3.8, 4) is 0 Å². The molecule has 0 saturated carbocycles. The fourth-order valence-corrected chi connectivity index (χ4v) is 3.76. The van der Waals surface area contributed by atoms with Crippen molar-refractivity contribution in [2.75, 3.05) is 0 Å². The predicted octanol–water partition coefficient (Wildman–Crippen LogP) is 3.38. The summed E-state index contributed by atoms with van der Waals surface area (Å²) in [5, 5.41) is 6.57. The van der Waals surface area contributed by atoms with Crippen LogP contribution in [-0.4, -0.2) is 24.0 Å². The summed E-state index contributed by atoms with van der Waals surface area (Å²) >= 11 is 0. The molecular formula is C18H23F3N2O. The molecule has 1 aromatic carbocycles. The molecular weight excluding hydrogens is 317 g/mol. The van der Waals surface area contributed by atoms with E-state index in [4.69, 9.17) is 0 Å². The van der Waals surface area contributed by atoms with Crippen molar-refractivity contribution < 1.29 is 18.0 Å². The first-order chi connectivity index (χ1) is 11.2. The number of rotatable bonds is 3. The summed E-state index contributed by atoms with van der Waals surface area (Å²) in [5.41, 5.74) is -1.35. The third-order valence-corrected chi connectivity index (χ3v) is 5.29. The van der Waals surface area contributed by atoms with Crippen molar-refractivity contribution in [1.82, 2.24) is 10.6 Å². The van der Waals surface area contributed by atoms with Crippen LogP contribution in [0, 0.1) is 0 Å². The zero-order chi connectivity index (χ0) is 17.5. The van der Waals surface area contributed by atoms with Gasteiger partial charge >= 0.3 is 6.18 Å². The Morgan fingerprint density at radius 2 is 1.71 bits per heavy atom. The lowest BCUT2D eigenvalue weighted by Crippen LogP contribution is -2.51. The minimum Gasteiger partial charge on any atom is -0.352 e. The quantitative estimate of drug-likeness (QED) is 0.886. The van der Waals surface area contributed by atoms with E-state index in [-0.39, 0.29) is 11.9 Å². The van der Waals surface area contributed by atoms with Gasteiger partial charge in [-0.25, -0.2) is 0 Å². The molecule has 2 unspecified atom stereocenters. The molecule has 1 aromatic rings. The molecule has 1 amide bonds. The maximum atomic E-state index is 12.9. The largest absolute Gasteiger partial charge is 0.416 e. The lowest BCUT2D eigenvalue weighted by molar-refractivity contribution is -0.138. The Morgan fingerprint density at radius 3 is 2.29 bits per heavy atom. The van der Waals surface area contributed by atoms with Crippen LogP contribution in [0.1, 0.15) is 50.7 Å². The Labute approximate surface area is 140 Å². The van der Waals surface area contributed by atoms with Crippen LogP contribution in [-0.2, 0) is 16.4 Å². The van der Waals surface area contributed by atoms with E-state index >= 15 is 0 Å². The summed E-state index contributed by atoms with van der Waals surface area (Å²) in [6.07, 6.45) is -0.360. The topological polar surface area (TPSA) is 41.1 Å². The van der Waals surface area contributed by atoms with Gasteiger partial charge in [0.25, 0.3) is 0 Å². The summed E-state index contributed by atoms with van der Waals surface area (Å²) < 4.78 is 38.7. The smallest absolute Gasteiger partial charge is 0.352 e. The maximum absolute atomic E-state index is 12.9. The van der Waals surface area contributed by atoms with Crippen molar-refractivity contribution in [1.29, 1.82) is 0 Å². The van der Waals surface area contributed by atoms with Gasteiger partial charge in [0.2, 0.25) is 5.91 Å². The second-order valence-corrected chi connectivity index (χ2v) is 7.48. The van der Waals surface area contributed by atoms with Gasteiger partial charge in [0.1, 0.15) is 0 Å². The summed E-state index contributed by atoms with van der Waals surface area (Å²) in [6, 6.07) is 6.05. The number of hydrogen-bond acceptors (Lipinski definition) is 2. The summed E-state index contributed by atoms with van der Waals surface area (Å²) in [7, 11) is 0.